The summed E-state index contributed by atoms with van der Waals surface area (Å²) in [6, 6.07) is 0. The van der Waals surface area contributed by atoms with Gasteiger partial charge < -0.3 is 0 Å². The Hall–Kier alpha value is 1.42. The molecule has 0 bridgehead atoms. The minimum atomic E-state index is -1.07. The Labute approximate surface area is 115 Å². The number of rotatable bonds is 2. The molecule has 0 aromatic rings. The van der Waals surface area contributed by atoms with Gasteiger partial charge in [-0.3, -0.25) is 0 Å². The second-order valence-electron chi connectivity index (χ2n) is 5.50. The number of hydrogen-bond donors (Lipinski definition) is 0. The van der Waals surface area contributed by atoms with Gasteiger partial charge in [0.2, 0.25) is 0 Å². The van der Waals surface area contributed by atoms with Crippen molar-refractivity contribution in [1.29, 1.82) is 0 Å². The summed E-state index contributed by atoms with van der Waals surface area (Å²) in [5, 5.41) is 0.436. The van der Waals surface area contributed by atoms with Gasteiger partial charge in [0.25, 0.3) is 0 Å². The molecule has 14 heavy (non-hydrogen) atoms. The van der Waals surface area contributed by atoms with Crippen LogP contribution in [0.25, 0.3) is 0 Å². The molecule has 0 amide bonds. The summed E-state index contributed by atoms with van der Waals surface area (Å²) in [7, 11) is -1.07. The molecule has 0 nitrogen and oxygen atoms in total. The van der Waals surface area contributed by atoms with Gasteiger partial charge in [0.15, 0.2) is 0 Å². The predicted octanol–water partition coefficient (Wildman–Crippen LogP) is 6.23. The molecule has 0 radical (unpaired) electrons. The second kappa shape index (κ2) is 6.88. The minimum absolute atomic E-state index is 0.436. The molecule has 0 aliphatic heterocycles. The molecule has 0 rings (SSSR count). The van der Waals surface area contributed by atoms with Crippen molar-refractivity contribution in [2.45, 2.75) is 59.3 Å². The van der Waals surface area contributed by atoms with Crippen molar-refractivity contribution in [3.63, 3.8) is 0 Å². The Bertz CT molecular complexity index is 196. The first kappa shape index (κ1) is 17.8. The van der Waals surface area contributed by atoms with Crippen LogP contribution < -0.4 is 0 Å². The highest BCUT2D eigenvalue weighted by Crippen LogP contribution is 2.44. The quantitative estimate of drug-likeness (QED) is 0.272. The van der Waals surface area contributed by atoms with Gasteiger partial charge in [0.1, 0.15) is 0 Å². The standard InChI is InChI=1S/C11H24Si.I2/c1-9(2)10(3)11(4,5)12(6,7)8;1-2/h1-8H3;. The van der Waals surface area contributed by atoms with Crippen LogP contribution in [0.5, 0.6) is 0 Å². The largest absolute Gasteiger partial charge is 0.0773 e. The molecule has 0 aliphatic rings. The average Bonchev–Trinajstić information content (AvgIpc) is 2.04. The van der Waals surface area contributed by atoms with Crippen LogP contribution in [-0.4, -0.2) is 8.07 Å². The van der Waals surface area contributed by atoms with E-state index >= 15 is 0 Å². The van der Waals surface area contributed by atoms with Crippen molar-refractivity contribution in [3.8, 4) is 0 Å². The van der Waals surface area contributed by atoms with E-state index in [9.17, 15) is 0 Å². The van der Waals surface area contributed by atoms with E-state index in [1.54, 1.807) is 5.57 Å². The van der Waals surface area contributed by atoms with E-state index in [2.05, 4.69) is 91.5 Å². The molecule has 0 spiro atoms. The van der Waals surface area contributed by atoms with Gasteiger partial charge in [-0.25, -0.2) is 0 Å². The SMILES string of the molecule is CC(C)=C(C)C(C)(C)[Si](C)(C)C.II. The first-order valence-corrected chi connectivity index (χ1v) is 14.7. The highest BCUT2D eigenvalue weighted by atomic mass is 128. The lowest BCUT2D eigenvalue weighted by Crippen LogP contribution is -2.36. The summed E-state index contributed by atoms with van der Waals surface area (Å²) in [6.45, 7) is 18.8. The van der Waals surface area contributed by atoms with Gasteiger partial charge in [-0.15, -0.1) is 0 Å². The minimum Gasteiger partial charge on any atom is -0.0773 e. The zero-order valence-corrected chi connectivity index (χ0v) is 16.1. The second-order valence-corrected chi connectivity index (χ2v) is 11.2. The van der Waals surface area contributed by atoms with Crippen LogP contribution in [-0.2, 0) is 0 Å². The third kappa shape index (κ3) is 4.96. The van der Waals surface area contributed by atoms with Crippen molar-refractivity contribution in [3.05, 3.63) is 11.1 Å². The van der Waals surface area contributed by atoms with Gasteiger partial charge in [-0.2, -0.15) is 0 Å². The lowest BCUT2D eigenvalue weighted by molar-refractivity contribution is 0.743. The Morgan fingerprint density at radius 1 is 0.929 bits per heavy atom. The summed E-state index contributed by atoms with van der Waals surface area (Å²) in [5.41, 5.74) is 3.07. The third-order valence-corrected chi connectivity index (χ3v) is 7.69. The third-order valence-electron chi connectivity index (χ3n) is 3.56. The molecule has 0 unspecified atom stereocenters. The van der Waals surface area contributed by atoms with Gasteiger partial charge >= 0.3 is 0 Å². The average molecular weight is 438 g/mol. The van der Waals surface area contributed by atoms with Crippen molar-refractivity contribution in [1.82, 2.24) is 0 Å². The van der Waals surface area contributed by atoms with Crippen LogP contribution in [0.15, 0.2) is 11.1 Å². The highest BCUT2D eigenvalue weighted by molar-refractivity contribution is 15.0. The fourth-order valence-corrected chi connectivity index (χ4v) is 2.56. The van der Waals surface area contributed by atoms with E-state index in [-0.39, 0.29) is 0 Å². The molecule has 3 heteroatoms. The molecule has 0 fully saturated rings. The van der Waals surface area contributed by atoms with Crippen LogP contribution in [0.3, 0.4) is 0 Å². The van der Waals surface area contributed by atoms with Crippen LogP contribution in [0, 0.1) is 0 Å². The molecular formula is C11H24I2Si. The van der Waals surface area contributed by atoms with Crippen LogP contribution in [0.4, 0.5) is 0 Å². The smallest absolute Gasteiger partial charge is 0.0545 e. The monoisotopic (exact) mass is 438 g/mol. The van der Waals surface area contributed by atoms with Crippen LogP contribution >= 0.6 is 37.2 Å². The van der Waals surface area contributed by atoms with Crippen molar-refractivity contribution in [2.75, 3.05) is 0 Å². The topological polar surface area (TPSA) is 0 Å². The van der Waals surface area contributed by atoms with E-state index in [0.717, 1.165) is 0 Å². The van der Waals surface area contributed by atoms with E-state index in [1.807, 2.05) is 0 Å². The first-order valence-electron chi connectivity index (χ1n) is 4.89. The molecule has 0 aliphatic carbocycles. The Morgan fingerprint density at radius 3 is 1.29 bits per heavy atom. The lowest BCUT2D eigenvalue weighted by atomic mass is 9.99. The first-order chi connectivity index (χ1) is 6.10. The Kier molecular flexibility index (Phi) is 8.75. The molecule has 0 heterocycles. The molecule has 0 saturated heterocycles. The number of allylic oxidation sites excluding steroid dienone is 2. The van der Waals surface area contributed by atoms with Crippen molar-refractivity contribution in [2.24, 2.45) is 0 Å². The number of hydrogen-bond acceptors (Lipinski definition) is 0. The van der Waals surface area contributed by atoms with E-state index in [1.165, 1.54) is 5.57 Å². The normalized spacial score (nSPS) is 11.6. The van der Waals surface area contributed by atoms with E-state index in [4.69, 9.17) is 0 Å². The maximum absolute atomic E-state index is 2.44. The Balaban J connectivity index is 0. The van der Waals surface area contributed by atoms with E-state index < -0.39 is 8.07 Å². The van der Waals surface area contributed by atoms with Gasteiger partial charge in [-0.05, 0) is 25.8 Å². The van der Waals surface area contributed by atoms with Crippen LogP contribution in [0.2, 0.25) is 24.7 Å². The van der Waals surface area contributed by atoms with Crippen molar-refractivity contribution < 1.29 is 0 Å². The number of halogens is 2. The van der Waals surface area contributed by atoms with Gasteiger partial charge in [0.05, 0.1) is 8.07 Å². The summed E-state index contributed by atoms with van der Waals surface area (Å²) >= 11 is 4.24. The predicted molar refractivity (Wildman–Crippen MR) is 89.5 cm³/mol. The molecule has 0 N–H and O–H groups in total. The summed E-state index contributed by atoms with van der Waals surface area (Å²) in [4.78, 5) is 0. The molecule has 0 saturated carbocycles. The highest BCUT2D eigenvalue weighted by Gasteiger charge is 2.36. The molecule has 0 atom stereocenters. The van der Waals surface area contributed by atoms with Gasteiger partial charge in [-0.1, -0.05) is 44.6 Å². The van der Waals surface area contributed by atoms with E-state index in [0.29, 0.717) is 5.04 Å². The zero-order chi connectivity index (χ0) is 12.2. The van der Waals surface area contributed by atoms with Crippen LogP contribution in [0.1, 0.15) is 34.6 Å². The molecule has 86 valence electrons. The van der Waals surface area contributed by atoms with Crippen molar-refractivity contribution >= 4 is 45.3 Å². The fraction of sp³-hybridized carbons (Fsp3) is 0.818. The maximum Gasteiger partial charge on any atom is 0.0545 e. The van der Waals surface area contributed by atoms with Gasteiger partial charge in [0, 0.05) is 37.2 Å². The molecule has 0 aromatic carbocycles. The zero-order valence-electron chi connectivity index (χ0n) is 10.8. The summed E-state index contributed by atoms with van der Waals surface area (Å²) in [6.07, 6.45) is 0. The summed E-state index contributed by atoms with van der Waals surface area (Å²) in [5.74, 6) is 0. The molecular weight excluding hydrogens is 414 g/mol. The summed E-state index contributed by atoms with van der Waals surface area (Å²) < 4.78 is 0. The lowest BCUT2D eigenvalue weighted by Gasteiger charge is -2.39. The maximum atomic E-state index is 2.44. The fourth-order valence-electron chi connectivity index (χ4n) is 1.19. The molecule has 0 aromatic heterocycles. The Morgan fingerprint density at radius 2 is 1.21 bits per heavy atom.